The summed E-state index contributed by atoms with van der Waals surface area (Å²) in [6, 6.07) is 5.97. The number of benzene rings is 1. The fourth-order valence-corrected chi connectivity index (χ4v) is 2.56. The van der Waals surface area contributed by atoms with Gasteiger partial charge in [-0.3, -0.25) is 0 Å². The van der Waals surface area contributed by atoms with Crippen LogP contribution in [0.5, 0.6) is 0 Å². The number of rotatable bonds is 3. The van der Waals surface area contributed by atoms with Crippen LogP contribution in [0.3, 0.4) is 0 Å². The summed E-state index contributed by atoms with van der Waals surface area (Å²) < 4.78 is 18.8. The molecule has 2 rings (SSSR count). The molecule has 0 saturated heterocycles. The zero-order valence-electron chi connectivity index (χ0n) is 10.7. The van der Waals surface area contributed by atoms with E-state index in [1.165, 1.54) is 18.6 Å². The molecule has 0 aromatic heterocycles. The quantitative estimate of drug-likeness (QED) is 0.759. The fraction of sp³-hybridized carbons (Fsp3) is 0.533. The number of carbonyl (C=O) groups excluding carboxylic acids is 1. The van der Waals surface area contributed by atoms with Gasteiger partial charge >= 0.3 is 5.97 Å². The first kappa shape index (κ1) is 13.1. The van der Waals surface area contributed by atoms with Crippen LogP contribution in [0.4, 0.5) is 4.39 Å². The third-order valence-electron chi connectivity index (χ3n) is 3.68. The average Bonchev–Trinajstić information content (AvgIpc) is 2.39. The van der Waals surface area contributed by atoms with Crippen LogP contribution in [0.2, 0.25) is 0 Å². The first-order valence-corrected chi connectivity index (χ1v) is 6.66. The van der Waals surface area contributed by atoms with E-state index < -0.39 is 11.8 Å². The van der Waals surface area contributed by atoms with Gasteiger partial charge in [-0.2, -0.15) is 0 Å². The molecule has 2 unspecified atom stereocenters. The van der Waals surface area contributed by atoms with E-state index in [4.69, 9.17) is 4.74 Å². The lowest BCUT2D eigenvalue weighted by atomic mass is 9.85. The minimum Gasteiger partial charge on any atom is -0.459 e. The van der Waals surface area contributed by atoms with Crippen molar-refractivity contribution in [2.45, 2.75) is 45.1 Å². The normalized spacial score (nSPS) is 23.7. The molecule has 1 saturated carbocycles. The van der Waals surface area contributed by atoms with E-state index in [-0.39, 0.29) is 11.7 Å². The maximum atomic E-state index is 13.4. The molecule has 98 valence electrons. The van der Waals surface area contributed by atoms with Crippen LogP contribution >= 0.6 is 0 Å². The summed E-state index contributed by atoms with van der Waals surface area (Å²) >= 11 is 0. The van der Waals surface area contributed by atoms with Crippen LogP contribution in [0.15, 0.2) is 24.3 Å². The minimum atomic E-state index is -0.533. The Morgan fingerprint density at radius 1 is 1.39 bits per heavy atom. The molecular weight excluding hydrogens is 231 g/mol. The Balaban J connectivity index is 1.97. The number of ether oxygens (including phenoxy) is 1. The van der Waals surface area contributed by atoms with Crippen molar-refractivity contribution < 1.29 is 13.9 Å². The Morgan fingerprint density at radius 3 is 2.89 bits per heavy atom. The lowest BCUT2D eigenvalue weighted by Crippen LogP contribution is -2.25. The van der Waals surface area contributed by atoms with Gasteiger partial charge in [0.25, 0.3) is 0 Å². The number of hydrogen-bond acceptors (Lipinski definition) is 2. The summed E-state index contributed by atoms with van der Waals surface area (Å²) in [5.74, 6) is -0.405. The highest BCUT2D eigenvalue weighted by Crippen LogP contribution is 2.29. The van der Waals surface area contributed by atoms with Crippen LogP contribution in [-0.2, 0) is 4.74 Å². The lowest BCUT2D eigenvalue weighted by molar-refractivity contribution is 0.0135. The van der Waals surface area contributed by atoms with E-state index >= 15 is 0 Å². The van der Waals surface area contributed by atoms with Gasteiger partial charge < -0.3 is 4.74 Å². The monoisotopic (exact) mass is 250 g/mol. The van der Waals surface area contributed by atoms with Gasteiger partial charge in [0.2, 0.25) is 0 Å². The van der Waals surface area contributed by atoms with Crippen LogP contribution in [0, 0.1) is 11.7 Å². The van der Waals surface area contributed by atoms with Crippen molar-refractivity contribution in [1.82, 2.24) is 0 Å². The molecule has 1 aromatic rings. The molecule has 0 spiro atoms. The Morgan fingerprint density at radius 2 is 2.17 bits per heavy atom. The van der Waals surface area contributed by atoms with Crippen molar-refractivity contribution in [3.63, 3.8) is 0 Å². The molecule has 0 amide bonds. The van der Waals surface area contributed by atoms with Crippen molar-refractivity contribution >= 4 is 5.97 Å². The largest absolute Gasteiger partial charge is 0.459 e. The highest BCUT2D eigenvalue weighted by atomic mass is 19.1. The molecule has 2 nitrogen and oxygen atoms in total. The molecular formula is C15H19FO2. The molecule has 3 heteroatoms. The van der Waals surface area contributed by atoms with Crippen molar-refractivity contribution in [1.29, 1.82) is 0 Å². The van der Waals surface area contributed by atoms with E-state index in [1.54, 1.807) is 12.1 Å². The first-order chi connectivity index (χ1) is 8.70. The predicted molar refractivity (Wildman–Crippen MR) is 67.9 cm³/mol. The Bertz CT molecular complexity index is 417. The van der Waals surface area contributed by atoms with Crippen molar-refractivity contribution in [3.05, 3.63) is 35.6 Å². The third kappa shape index (κ3) is 3.09. The Labute approximate surface area is 107 Å². The second-order valence-electron chi connectivity index (χ2n) is 4.95. The molecule has 0 heterocycles. The van der Waals surface area contributed by atoms with E-state index in [2.05, 4.69) is 6.92 Å². The van der Waals surface area contributed by atoms with E-state index in [1.807, 2.05) is 0 Å². The number of esters is 1. The lowest BCUT2D eigenvalue weighted by Gasteiger charge is -2.28. The maximum absolute atomic E-state index is 13.4. The van der Waals surface area contributed by atoms with Gasteiger partial charge in [-0.15, -0.1) is 0 Å². The van der Waals surface area contributed by atoms with Crippen LogP contribution in [0.25, 0.3) is 0 Å². The number of halogens is 1. The predicted octanol–water partition coefficient (Wildman–Crippen LogP) is 3.95. The summed E-state index contributed by atoms with van der Waals surface area (Å²) in [5, 5.41) is 0. The topological polar surface area (TPSA) is 26.3 Å². The molecule has 0 aliphatic heterocycles. The van der Waals surface area contributed by atoms with Gasteiger partial charge in [0.1, 0.15) is 11.9 Å². The summed E-state index contributed by atoms with van der Waals surface area (Å²) in [4.78, 5) is 11.9. The van der Waals surface area contributed by atoms with Gasteiger partial charge in [0, 0.05) is 0 Å². The van der Waals surface area contributed by atoms with Crippen LogP contribution < -0.4 is 0 Å². The number of carbonyl (C=O) groups is 1. The van der Waals surface area contributed by atoms with Gasteiger partial charge in [-0.05, 0) is 37.3 Å². The zero-order valence-corrected chi connectivity index (χ0v) is 10.7. The van der Waals surface area contributed by atoms with Crippen LogP contribution in [0.1, 0.15) is 49.4 Å². The summed E-state index contributed by atoms with van der Waals surface area (Å²) in [5.41, 5.74) is 0.0381. The summed E-state index contributed by atoms with van der Waals surface area (Å²) in [7, 11) is 0. The molecule has 0 radical (unpaired) electrons. The van der Waals surface area contributed by atoms with Gasteiger partial charge in [-0.25, -0.2) is 9.18 Å². The maximum Gasteiger partial charge on any atom is 0.341 e. The van der Waals surface area contributed by atoms with Crippen molar-refractivity contribution in [2.24, 2.45) is 5.92 Å². The zero-order chi connectivity index (χ0) is 13.0. The number of hydrogen-bond donors (Lipinski definition) is 0. The van der Waals surface area contributed by atoms with Gasteiger partial charge in [0.05, 0.1) is 5.56 Å². The smallest absolute Gasteiger partial charge is 0.341 e. The van der Waals surface area contributed by atoms with Gasteiger partial charge in [-0.1, -0.05) is 31.9 Å². The second kappa shape index (κ2) is 5.98. The fourth-order valence-electron chi connectivity index (χ4n) is 2.56. The molecule has 0 N–H and O–H groups in total. The second-order valence-corrected chi connectivity index (χ2v) is 4.95. The van der Waals surface area contributed by atoms with E-state index in [0.29, 0.717) is 5.92 Å². The van der Waals surface area contributed by atoms with E-state index in [0.717, 1.165) is 25.7 Å². The summed E-state index contributed by atoms with van der Waals surface area (Å²) in [6.07, 6.45) is 5.19. The molecule has 2 atom stereocenters. The summed E-state index contributed by atoms with van der Waals surface area (Å²) in [6.45, 7) is 2.16. The van der Waals surface area contributed by atoms with Gasteiger partial charge in [0.15, 0.2) is 0 Å². The highest BCUT2D eigenvalue weighted by molar-refractivity contribution is 5.89. The molecule has 18 heavy (non-hydrogen) atoms. The first-order valence-electron chi connectivity index (χ1n) is 6.66. The van der Waals surface area contributed by atoms with Crippen molar-refractivity contribution in [2.75, 3.05) is 0 Å². The average molecular weight is 250 g/mol. The van der Waals surface area contributed by atoms with Crippen LogP contribution in [-0.4, -0.2) is 12.1 Å². The Kier molecular flexibility index (Phi) is 4.34. The molecule has 1 aliphatic carbocycles. The standard InChI is InChI=1S/C15H19FO2/c1-2-11-6-5-7-12(10-11)18-15(17)13-8-3-4-9-14(13)16/h3-4,8-9,11-12H,2,5-7,10H2,1H3. The minimum absolute atomic E-state index is 0.0381. The van der Waals surface area contributed by atoms with E-state index in [9.17, 15) is 9.18 Å². The molecule has 1 fully saturated rings. The molecule has 1 aromatic carbocycles. The Hall–Kier alpha value is -1.38. The highest BCUT2D eigenvalue weighted by Gasteiger charge is 2.25. The molecule has 1 aliphatic rings. The third-order valence-corrected chi connectivity index (χ3v) is 3.68. The SMILES string of the molecule is CCC1CCCC(OC(=O)c2ccccc2F)C1. The van der Waals surface area contributed by atoms with Crippen molar-refractivity contribution in [3.8, 4) is 0 Å². The molecule has 0 bridgehead atoms.